The maximum atomic E-state index is 12.0. The molecule has 1 unspecified atom stereocenters. The minimum absolute atomic E-state index is 0.0145. The molecule has 0 radical (unpaired) electrons. The average molecular weight is 339 g/mol. The number of amides is 1. The zero-order chi connectivity index (χ0) is 17.9. The summed E-state index contributed by atoms with van der Waals surface area (Å²) in [4.78, 5) is 22.5. The Labute approximate surface area is 148 Å². The van der Waals surface area contributed by atoms with E-state index in [0.717, 1.165) is 6.42 Å². The van der Waals surface area contributed by atoms with Crippen LogP contribution in [-0.2, 0) is 16.0 Å². The Bertz CT molecular complexity index is 655. The third-order valence-corrected chi connectivity index (χ3v) is 4.19. The first-order valence-corrected chi connectivity index (χ1v) is 8.72. The van der Waals surface area contributed by atoms with Crippen LogP contribution in [-0.4, -0.2) is 23.5 Å². The van der Waals surface area contributed by atoms with Crippen LogP contribution in [0.1, 0.15) is 42.7 Å². The number of benzene rings is 2. The summed E-state index contributed by atoms with van der Waals surface area (Å²) in [6.07, 6.45) is 2.50. The Balaban J connectivity index is 1.88. The lowest BCUT2D eigenvalue weighted by atomic mass is 9.92. The topological polar surface area (TPSA) is 66.4 Å². The molecule has 132 valence electrons. The summed E-state index contributed by atoms with van der Waals surface area (Å²) in [5, 5.41) is 11.6. The van der Waals surface area contributed by atoms with Gasteiger partial charge in [-0.25, -0.2) is 0 Å². The molecule has 2 aromatic carbocycles. The highest BCUT2D eigenvalue weighted by Crippen LogP contribution is 2.20. The van der Waals surface area contributed by atoms with E-state index < -0.39 is 5.97 Å². The number of nitrogens with one attached hydrogen (secondary N) is 1. The van der Waals surface area contributed by atoms with E-state index in [-0.39, 0.29) is 18.2 Å². The zero-order valence-corrected chi connectivity index (χ0v) is 14.4. The van der Waals surface area contributed by atoms with Crippen molar-refractivity contribution in [3.8, 4) is 0 Å². The Morgan fingerprint density at radius 3 is 2.12 bits per heavy atom. The second kappa shape index (κ2) is 10.3. The smallest absolute Gasteiger partial charge is 0.303 e. The van der Waals surface area contributed by atoms with Gasteiger partial charge in [-0.15, -0.1) is 0 Å². The molecule has 4 nitrogen and oxygen atoms in total. The van der Waals surface area contributed by atoms with E-state index >= 15 is 0 Å². The van der Waals surface area contributed by atoms with Crippen LogP contribution in [0.3, 0.4) is 0 Å². The normalized spacial score (nSPS) is 11.7. The van der Waals surface area contributed by atoms with E-state index in [0.29, 0.717) is 25.8 Å². The highest BCUT2D eigenvalue weighted by atomic mass is 16.4. The summed E-state index contributed by atoms with van der Waals surface area (Å²) in [5.41, 5.74) is 2.45. The molecule has 0 saturated carbocycles. The summed E-state index contributed by atoms with van der Waals surface area (Å²) in [7, 11) is 0. The molecule has 0 fully saturated rings. The number of hydrogen-bond acceptors (Lipinski definition) is 2. The van der Waals surface area contributed by atoms with Crippen LogP contribution < -0.4 is 5.32 Å². The SMILES string of the molecule is O=C(O)CCCCC(=O)NCC(Cc1ccccc1)c1ccccc1. The van der Waals surface area contributed by atoms with Crippen molar-refractivity contribution in [1.29, 1.82) is 0 Å². The fourth-order valence-electron chi connectivity index (χ4n) is 2.82. The van der Waals surface area contributed by atoms with Gasteiger partial charge in [0.1, 0.15) is 0 Å². The summed E-state index contributed by atoms with van der Waals surface area (Å²) in [6.45, 7) is 0.580. The molecule has 0 aliphatic rings. The summed E-state index contributed by atoms with van der Waals surface area (Å²) < 4.78 is 0. The molecule has 2 aromatic rings. The van der Waals surface area contributed by atoms with E-state index in [1.54, 1.807) is 0 Å². The molecular formula is C21H25NO3. The largest absolute Gasteiger partial charge is 0.481 e. The first-order chi connectivity index (χ1) is 12.1. The van der Waals surface area contributed by atoms with Crippen molar-refractivity contribution in [3.63, 3.8) is 0 Å². The van der Waals surface area contributed by atoms with Gasteiger partial charge < -0.3 is 10.4 Å². The molecule has 0 bridgehead atoms. The molecule has 0 spiro atoms. The van der Waals surface area contributed by atoms with Gasteiger partial charge in [0.2, 0.25) is 5.91 Å². The number of carbonyl (C=O) groups excluding carboxylic acids is 1. The highest BCUT2D eigenvalue weighted by molar-refractivity contribution is 5.76. The summed E-state index contributed by atoms with van der Waals surface area (Å²) in [6, 6.07) is 20.5. The maximum absolute atomic E-state index is 12.0. The van der Waals surface area contributed by atoms with Gasteiger partial charge in [-0.05, 0) is 30.4 Å². The lowest BCUT2D eigenvalue weighted by Crippen LogP contribution is -2.29. The monoisotopic (exact) mass is 339 g/mol. The van der Waals surface area contributed by atoms with Crippen molar-refractivity contribution in [2.45, 2.75) is 38.0 Å². The third-order valence-electron chi connectivity index (χ3n) is 4.19. The first-order valence-electron chi connectivity index (χ1n) is 8.72. The number of unbranched alkanes of at least 4 members (excludes halogenated alkanes) is 1. The van der Waals surface area contributed by atoms with Crippen LogP contribution >= 0.6 is 0 Å². The molecule has 25 heavy (non-hydrogen) atoms. The zero-order valence-electron chi connectivity index (χ0n) is 14.4. The van der Waals surface area contributed by atoms with Gasteiger partial charge in [0.05, 0.1) is 0 Å². The molecule has 2 rings (SSSR count). The second-order valence-electron chi connectivity index (χ2n) is 6.20. The minimum Gasteiger partial charge on any atom is -0.481 e. The van der Waals surface area contributed by atoms with Crippen LogP contribution in [0, 0.1) is 0 Å². The number of carboxylic acids is 1. The number of aliphatic carboxylic acids is 1. The standard InChI is InChI=1S/C21H25NO3/c23-20(13-7-8-14-21(24)25)22-16-19(18-11-5-2-6-12-18)15-17-9-3-1-4-10-17/h1-6,9-12,19H,7-8,13-16H2,(H,22,23)(H,24,25). The Kier molecular flexibility index (Phi) is 7.70. The highest BCUT2D eigenvalue weighted by Gasteiger charge is 2.13. The van der Waals surface area contributed by atoms with Crippen LogP contribution in [0.2, 0.25) is 0 Å². The molecule has 0 heterocycles. The van der Waals surface area contributed by atoms with Crippen LogP contribution in [0.4, 0.5) is 0 Å². The van der Waals surface area contributed by atoms with Gasteiger partial charge >= 0.3 is 5.97 Å². The van der Waals surface area contributed by atoms with Crippen LogP contribution in [0.5, 0.6) is 0 Å². The average Bonchev–Trinajstić information content (AvgIpc) is 2.63. The van der Waals surface area contributed by atoms with Crippen molar-refractivity contribution in [2.24, 2.45) is 0 Å². The molecule has 0 aliphatic carbocycles. The van der Waals surface area contributed by atoms with Gasteiger partial charge in [0, 0.05) is 25.3 Å². The fraction of sp³-hybridized carbons (Fsp3) is 0.333. The van der Waals surface area contributed by atoms with E-state index in [4.69, 9.17) is 5.11 Å². The van der Waals surface area contributed by atoms with Gasteiger partial charge in [-0.3, -0.25) is 9.59 Å². The number of hydrogen-bond donors (Lipinski definition) is 2. The molecule has 1 amide bonds. The predicted molar refractivity (Wildman–Crippen MR) is 98.4 cm³/mol. The molecular weight excluding hydrogens is 314 g/mol. The van der Waals surface area contributed by atoms with Crippen LogP contribution in [0.15, 0.2) is 60.7 Å². The quantitative estimate of drug-likeness (QED) is 0.648. The number of rotatable bonds is 10. The molecule has 2 N–H and O–H groups in total. The van der Waals surface area contributed by atoms with E-state index in [2.05, 4.69) is 29.6 Å². The molecule has 4 heteroatoms. The molecule has 0 aromatic heterocycles. The maximum Gasteiger partial charge on any atom is 0.303 e. The van der Waals surface area contributed by atoms with E-state index in [9.17, 15) is 9.59 Å². The summed E-state index contributed by atoms with van der Waals surface area (Å²) >= 11 is 0. The van der Waals surface area contributed by atoms with Crippen molar-refractivity contribution in [1.82, 2.24) is 5.32 Å². The molecule has 0 saturated heterocycles. The Hall–Kier alpha value is -2.62. The fourth-order valence-corrected chi connectivity index (χ4v) is 2.82. The van der Waals surface area contributed by atoms with Gasteiger partial charge in [0.25, 0.3) is 0 Å². The Morgan fingerprint density at radius 2 is 1.48 bits per heavy atom. The van der Waals surface area contributed by atoms with Crippen molar-refractivity contribution in [3.05, 3.63) is 71.8 Å². The lowest BCUT2D eigenvalue weighted by molar-refractivity contribution is -0.137. The lowest BCUT2D eigenvalue weighted by Gasteiger charge is -2.18. The summed E-state index contributed by atoms with van der Waals surface area (Å²) in [5.74, 6) is -0.613. The van der Waals surface area contributed by atoms with Crippen molar-refractivity contribution < 1.29 is 14.7 Å². The van der Waals surface area contributed by atoms with Gasteiger partial charge in [-0.2, -0.15) is 0 Å². The van der Waals surface area contributed by atoms with Crippen molar-refractivity contribution in [2.75, 3.05) is 6.54 Å². The van der Waals surface area contributed by atoms with Crippen molar-refractivity contribution >= 4 is 11.9 Å². The van der Waals surface area contributed by atoms with Crippen LogP contribution in [0.25, 0.3) is 0 Å². The van der Waals surface area contributed by atoms with E-state index in [1.807, 2.05) is 36.4 Å². The van der Waals surface area contributed by atoms with Gasteiger partial charge in [0.15, 0.2) is 0 Å². The van der Waals surface area contributed by atoms with E-state index in [1.165, 1.54) is 11.1 Å². The predicted octanol–water partition coefficient (Wildman–Crippen LogP) is 3.77. The minimum atomic E-state index is -0.813. The second-order valence-corrected chi connectivity index (χ2v) is 6.20. The first kappa shape index (κ1) is 18.7. The number of carbonyl (C=O) groups is 2. The third kappa shape index (κ3) is 7.21. The van der Waals surface area contributed by atoms with Gasteiger partial charge in [-0.1, -0.05) is 60.7 Å². The number of carboxylic acid groups (broad SMARTS) is 1. The molecule has 1 atom stereocenters. The Morgan fingerprint density at radius 1 is 0.880 bits per heavy atom. The molecule has 0 aliphatic heterocycles.